The summed E-state index contributed by atoms with van der Waals surface area (Å²) < 4.78 is 1.60. The minimum absolute atomic E-state index is 0.124. The van der Waals surface area contributed by atoms with Gasteiger partial charge in [0.05, 0.1) is 6.54 Å². The Morgan fingerprint density at radius 2 is 2.18 bits per heavy atom. The number of aromatic nitrogens is 2. The van der Waals surface area contributed by atoms with Crippen molar-refractivity contribution in [3.05, 3.63) is 18.5 Å². The highest BCUT2D eigenvalue weighted by atomic mass is 16.1. The monoisotopic (exact) mass is 154 g/mol. The lowest BCUT2D eigenvalue weighted by Gasteiger charge is -1.92. The van der Waals surface area contributed by atoms with Crippen LogP contribution in [0, 0.1) is 0 Å². The first kappa shape index (κ1) is 9.88. The first-order valence-corrected chi connectivity index (χ1v) is 3.76. The largest absolute Gasteiger partial charge is 0.298 e. The Hall–Kier alpha value is -1.12. The van der Waals surface area contributed by atoms with E-state index in [0.717, 1.165) is 0 Å². The molecule has 0 spiro atoms. The van der Waals surface area contributed by atoms with E-state index >= 15 is 0 Å². The lowest BCUT2D eigenvalue weighted by Crippen LogP contribution is -2.05. The van der Waals surface area contributed by atoms with E-state index in [1.54, 1.807) is 30.1 Å². The predicted octanol–water partition coefficient (Wildman–Crippen LogP) is 1.50. The molecule has 3 nitrogen and oxygen atoms in total. The van der Waals surface area contributed by atoms with Gasteiger partial charge in [0, 0.05) is 12.4 Å². The zero-order valence-electron chi connectivity index (χ0n) is 7.24. The van der Waals surface area contributed by atoms with Gasteiger partial charge >= 0.3 is 0 Å². The van der Waals surface area contributed by atoms with E-state index in [-0.39, 0.29) is 5.78 Å². The minimum atomic E-state index is 0.124. The van der Waals surface area contributed by atoms with Crippen LogP contribution in [0.25, 0.3) is 0 Å². The van der Waals surface area contributed by atoms with Crippen LogP contribution in [0.2, 0.25) is 0 Å². The average molecular weight is 154 g/mol. The lowest BCUT2D eigenvalue weighted by molar-refractivity contribution is -0.117. The summed E-state index contributed by atoms with van der Waals surface area (Å²) in [5, 5.41) is 3.85. The molecular formula is C8H14N2O. The molecule has 0 aromatic carbocycles. The molecule has 0 atom stereocenters. The third-order valence-electron chi connectivity index (χ3n) is 0.944. The highest BCUT2D eigenvalue weighted by molar-refractivity contribution is 5.75. The van der Waals surface area contributed by atoms with Gasteiger partial charge in [-0.05, 0) is 13.0 Å². The Morgan fingerprint density at radius 3 is 2.55 bits per heavy atom. The van der Waals surface area contributed by atoms with Crippen molar-refractivity contribution in [3.8, 4) is 0 Å². The Balaban J connectivity index is 0.000000461. The molecule has 1 rings (SSSR count). The number of hydrogen-bond acceptors (Lipinski definition) is 2. The Labute approximate surface area is 67.0 Å². The molecule has 1 aromatic heterocycles. The van der Waals surface area contributed by atoms with E-state index < -0.39 is 0 Å². The van der Waals surface area contributed by atoms with Crippen molar-refractivity contribution in [1.29, 1.82) is 0 Å². The topological polar surface area (TPSA) is 34.9 Å². The third-order valence-corrected chi connectivity index (χ3v) is 0.944. The molecule has 0 radical (unpaired) electrons. The van der Waals surface area contributed by atoms with Gasteiger partial charge in [-0.15, -0.1) is 0 Å². The summed E-state index contributed by atoms with van der Waals surface area (Å²) in [4.78, 5) is 10.5. The molecule has 0 fully saturated rings. The van der Waals surface area contributed by atoms with Gasteiger partial charge in [0.2, 0.25) is 0 Å². The molecule has 0 bridgehead atoms. The first-order valence-electron chi connectivity index (χ1n) is 3.76. The van der Waals surface area contributed by atoms with Gasteiger partial charge in [-0.2, -0.15) is 5.10 Å². The zero-order valence-corrected chi connectivity index (χ0v) is 7.24. The summed E-state index contributed by atoms with van der Waals surface area (Å²) in [6, 6.07) is 1.79. The van der Waals surface area contributed by atoms with Crippen molar-refractivity contribution in [3.63, 3.8) is 0 Å². The maximum atomic E-state index is 10.5. The van der Waals surface area contributed by atoms with Gasteiger partial charge in [0.1, 0.15) is 0 Å². The SMILES string of the molecule is CC.CC(=O)Cn1cccn1. The van der Waals surface area contributed by atoms with Crippen LogP contribution in [0.3, 0.4) is 0 Å². The molecule has 0 amide bonds. The standard InChI is InChI=1S/C6H8N2O.C2H6/c1-6(9)5-8-4-2-3-7-8;1-2/h2-4H,5H2,1H3;1-2H3. The molecule has 3 heteroatoms. The second-order valence-corrected chi connectivity index (χ2v) is 1.91. The normalized spacial score (nSPS) is 8.27. The van der Waals surface area contributed by atoms with Gasteiger partial charge in [-0.1, -0.05) is 13.8 Å². The number of nitrogens with zero attached hydrogens (tertiary/aromatic N) is 2. The Morgan fingerprint density at radius 1 is 1.55 bits per heavy atom. The quantitative estimate of drug-likeness (QED) is 0.647. The number of carbonyl (C=O) groups is 1. The smallest absolute Gasteiger partial charge is 0.151 e. The van der Waals surface area contributed by atoms with E-state index in [1.807, 2.05) is 13.8 Å². The molecule has 11 heavy (non-hydrogen) atoms. The molecule has 0 unspecified atom stereocenters. The summed E-state index contributed by atoms with van der Waals surface area (Å²) in [6.45, 7) is 5.93. The van der Waals surface area contributed by atoms with E-state index in [1.165, 1.54) is 0 Å². The Kier molecular flexibility index (Phi) is 5.07. The minimum Gasteiger partial charge on any atom is -0.298 e. The summed E-state index contributed by atoms with van der Waals surface area (Å²) in [5.41, 5.74) is 0. The van der Waals surface area contributed by atoms with Gasteiger partial charge < -0.3 is 0 Å². The van der Waals surface area contributed by atoms with E-state index in [0.29, 0.717) is 6.54 Å². The molecule has 0 saturated heterocycles. The van der Waals surface area contributed by atoms with E-state index in [9.17, 15) is 4.79 Å². The fourth-order valence-electron chi connectivity index (χ4n) is 0.622. The molecule has 0 aliphatic rings. The number of rotatable bonds is 2. The number of carbonyl (C=O) groups excluding carboxylic acids is 1. The molecule has 0 aliphatic heterocycles. The van der Waals surface area contributed by atoms with Crippen LogP contribution in [0.4, 0.5) is 0 Å². The van der Waals surface area contributed by atoms with Crippen LogP contribution in [0.5, 0.6) is 0 Å². The summed E-state index contributed by atoms with van der Waals surface area (Å²) in [5.74, 6) is 0.124. The van der Waals surface area contributed by atoms with Crippen molar-refractivity contribution >= 4 is 5.78 Å². The van der Waals surface area contributed by atoms with E-state index in [2.05, 4.69) is 5.10 Å². The zero-order chi connectivity index (χ0) is 8.69. The highest BCUT2D eigenvalue weighted by Crippen LogP contribution is 1.83. The summed E-state index contributed by atoms with van der Waals surface area (Å²) >= 11 is 0. The Bertz CT molecular complexity index is 192. The maximum absolute atomic E-state index is 10.5. The van der Waals surface area contributed by atoms with Crippen LogP contribution in [-0.4, -0.2) is 15.6 Å². The van der Waals surface area contributed by atoms with Crippen molar-refractivity contribution < 1.29 is 4.79 Å². The molecule has 0 aliphatic carbocycles. The van der Waals surface area contributed by atoms with Gasteiger partial charge in [0.15, 0.2) is 5.78 Å². The van der Waals surface area contributed by atoms with E-state index in [4.69, 9.17) is 0 Å². The molecule has 1 heterocycles. The lowest BCUT2D eigenvalue weighted by atomic mass is 10.4. The number of ketones is 1. The van der Waals surface area contributed by atoms with Crippen LogP contribution in [0.15, 0.2) is 18.5 Å². The fraction of sp³-hybridized carbons (Fsp3) is 0.500. The second kappa shape index (κ2) is 5.65. The second-order valence-electron chi connectivity index (χ2n) is 1.91. The van der Waals surface area contributed by atoms with Crippen molar-refractivity contribution in [1.82, 2.24) is 9.78 Å². The number of Topliss-reactive ketones (excluding diaryl/α,β-unsaturated/α-hetero) is 1. The summed E-state index contributed by atoms with van der Waals surface area (Å²) in [7, 11) is 0. The molecule has 62 valence electrons. The highest BCUT2D eigenvalue weighted by Gasteiger charge is 1.92. The molecule has 0 saturated carbocycles. The van der Waals surface area contributed by atoms with Gasteiger partial charge in [-0.25, -0.2) is 0 Å². The van der Waals surface area contributed by atoms with Gasteiger partial charge in [0.25, 0.3) is 0 Å². The fourth-order valence-corrected chi connectivity index (χ4v) is 0.622. The van der Waals surface area contributed by atoms with Crippen LogP contribution in [0.1, 0.15) is 20.8 Å². The third kappa shape index (κ3) is 4.31. The molecule has 0 N–H and O–H groups in total. The van der Waals surface area contributed by atoms with Crippen molar-refractivity contribution in [2.24, 2.45) is 0 Å². The van der Waals surface area contributed by atoms with Crippen LogP contribution < -0.4 is 0 Å². The first-order chi connectivity index (χ1) is 5.29. The van der Waals surface area contributed by atoms with Gasteiger partial charge in [-0.3, -0.25) is 9.48 Å². The predicted molar refractivity (Wildman–Crippen MR) is 44.3 cm³/mol. The molecule has 1 aromatic rings. The maximum Gasteiger partial charge on any atom is 0.151 e. The van der Waals surface area contributed by atoms with Crippen LogP contribution >= 0.6 is 0 Å². The number of hydrogen-bond donors (Lipinski definition) is 0. The summed E-state index contributed by atoms with van der Waals surface area (Å²) in [6.07, 6.45) is 3.42. The van der Waals surface area contributed by atoms with Crippen molar-refractivity contribution in [2.45, 2.75) is 27.3 Å². The molecular weight excluding hydrogens is 140 g/mol. The van der Waals surface area contributed by atoms with Crippen LogP contribution in [-0.2, 0) is 11.3 Å². The van der Waals surface area contributed by atoms with Crippen molar-refractivity contribution in [2.75, 3.05) is 0 Å². The average Bonchev–Trinajstić information content (AvgIpc) is 2.43.